The molecule has 0 unspecified atom stereocenters. The molecular formula is C18H21N3O2S. The monoisotopic (exact) mass is 343 g/mol. The lowest BCUT2D eigenvalue weighted by molar-refractivity contribution is -0.134. The third-order valence-electron chi connectivity index (χ3n) is 4.34. The van der Waals surface area contributed by atoms with Gasteiger partial charge in [-0.05, 0) is 31.4 Å². The highest BCUT2D eigenvalue weighted by Crippen LogP contribution is 2.20. The smallest absolute Gasteiger partial charge is 0.227 e. The van der Waals surface area contributed by atoms with Gasteiger partial charge in [-0.2, -0.15) is 0 Å². The average molecular weight is 343 g/mol. The number of carbonyl (C=O) groups excluding carboxylic acids is 2. The Morgan fingerprint density at radius 3 is 2.62 bits per heavy atom. The fourth-order valence-electron chi connectivity index (χ4n) is 2.91. The summed E-state index contributed by atoms with van der Waals surface area (Å²) in [5.74, 6) is 0.188. The van der Waals surface area contributed by atoms with Gasteiger partial charge >= 0.3 is 0 Å². The Labute approximate surface area is 145 Å². The first-order valence-electron chi connectivity index (χ1n) is 8.23. The van der Waals surface area contributed by atoms with E-state index in [1.165, 1.54) is 0 Å². The molecule has 0 atom stereocenters. The van der Waals surface area contributed by atoms with E-state index in [2.05, 4.69) is 10.3 Å². The summed E-state index contributed by atoms with van der Waals surface area (Å²) in [7, 11) is 0. The molecule has 1 saturated heterocycles. The van der Waals surface area contributed by atoms with E-state index in [0.717, 1.165) is 24.2 Å². The van der Waals surface area contributed by atoms with Gasteiger partial charge in [0.05, 0.1) is 11.2 Å². The van der Waals surface area contributed by atoms with E-state index in [-0.39, 0.29) is 17.7 Å². The average Bonchev–Trinajstić information content (AvgIpc) is 3.14. The van der Waals surface area contributed by atoms with Crippen LogP contribution in [0.25, 0.3) is 0 Å². The molecule has 0 bridgehead atoms. The van der Waals surface area contributed by atoms with Crippen molar-refractivity contribution >= 4 is 28.8 Å². The molecule has 24 heavy (non-hydrogen) atoms. The Kier molecular flexibility index (Phi) is 5.59. The summed E-state index contributed by atoms with van der Waals surface area (Å²) in [6, 6.07) is 9.49. The van der Waals surface area contributed by atoms with Crippen LogP contribution in [-0.2, 0) is 16.0 Å². The third-order valence-corrected chi connectivity index (χ3v) is 4.97. The number of likely N-dealkylation sites (tertiary alicyclic amines) is 1. The molecule has 1 aromatic carbocycles. The minimum absolute atomic E-state index is 0.0206. The Hall–Kier alpha value is -2.21. The second-order valence-corrected chi connectivity index (χ2v) is 6.71. The van der Waals surface area contributed by atoms with Gasteiger partial charge in [0.25, 0.3) is 0 Å². The normalized spacial score (nSPS) is 15.2. The van der Waals surface area contributed by atoms with Crippen molar-refractivity contribution in [3.63, 3.8) is 0 Å². The number of anilines is 1. The van der Waals surface area contributed by atoms with Gasteiger partial charge in [-0.1, -0.05) is 18.2 Å². The molecule has 2 heterocycles. The Balaban J connectivity index is 1.43. The lowest BCUT2D eigenvalue weighted by Crippen LogP contribution is -2.41. The molecule has 5 nitrogen and oxygen atoms in total. The van der Waals surface area contributed by atoms with Crippen LogP contribution in [0.2, 0.25) is 0 Å². The second kappa shape index (κ2) is 8.06. The summed E-state index contributed by atoms with van der Waals surface area (Å²) in [6.07, 6.45) is 2.63. The number of rotatable bonds is 5. The molecular weight excluding hydrogens is 322 g/mol. The fraction of sp³-hybridized carbons (Fsp3) is 0.389. The number of nitrogens with one attached hydrogen (secondary N) is 1. The number of para-hydroxylation sites is 1. The van der Waals surface area contributed by atoms with Crippen molar-refractivity contribution in [3.8, 4) is 0 Å². The molecule has 0 radical (unpaired) electrons. The van der Waals surface area contributed by atoms with Gasteiger partial charge < -0.3 is 10.2 Å². The zero-order chi connectivity index (χ0) is 16.8. The summed E-state index contributed by atoms with van der Waals surface area (Å²) in [4.78, 5) is 30.6. The molecule has 1 fully saturated rings. The van der Waals surface area contributed by atoms with E-state index in [1.807, 2.05) is 40.6 Å². The predicted octanol–water partition coefficient (Wildman–Crippen LogP) is 2.95. The summed E-state index contributed by atoms with van der Waals surface area (Å²) < 4.78 is 0. The van der Waals surface area contributed by atoms with E-state index in [1.54, 1.807) is 16.8 Å². The zero-order valence-corrected chi connectivity index (χ0v) is 14.3. The highest BCUT2D eigenvalue weighted by molar-refractivity contribution is 7.07. The highest BCUT2D eigenvalue weighted by Gasteiger charge is 2.27. The van der Waals surface area contributed by atoms with E-state index in [4.69, 9.17) is 0 Å². The van der Waals surface area contributed by atoms with Crippen molar-refractivity contribution in [2.24, 2.45) is 5.92 Å². The van der Waals surface area contributed by atoms with Crippen LogP contribution in [0.1, 0.15) is 25.0 Å². The van der Waals surface area contributed by atoms with E-state index in [9.17, 15) is 9.59 Å². The van der Waals surface area contributed by atoms with Gasteiger partial charge in [-0.25, -0.2) is 4.98 Å². The molecule has 1 aliphatic rings. The van der Waals surface area contributed by atoms with Gasteiger partial charge in [0, 0.05) is 36.5 Å². The van der Waals surface area contributed by atoms with Gasteiger partial charge in [-0.3, -0.25) is 9.59 Å². The number of carbonyl (C=O) groups is 2. The van der Waals surface area contributed by atoms with Crippen molar-refractivity contribution in [2.45, 2.75) is 25.7 Å². The molecule has 0 aliphatic carbocycles. The van der Waals surface area contributed by atoms with Crippen LogP contribution in [0.5, 0.6) is 0 Å². The van der Waals surface area contributed by atoms with Crippen LogP contribution in [0.15, 0.2) is 41.2 Å². The highest BCUT2D eigenvalue weighted by atomic mass is 32.1. The van der Waals surface area contributed by atoms with Crippen LogP contribution >= 0.6 is 11.3 Å². The molecule has 2 amide bonds. The molecule has 2 aromatic rings. The number of aryl methyl sites for hydroxylation is 1. The zero-order valence-electron chi connectivity index (χ0n) is 13.5. The minimum Gasteiger partial charge on any atom is -0.343 e. The van der Waals surface area contributed by atoms with E-state index < -0.39 is 0 Å². The summed E-state index contributed by atoms with van der Waals surface area (Å²) >= 11 is 1.55. The predicted molar refractivity (Wildman–Crippen MR) is 94.8 cm³/mol. The molecule has 1 aliphatic heterocycles. The maximum atomic E-state index is 12.3. The molecule has 3 rings (SSSR count). The van der Waals surface area contributed by atoms with Crippen molar-refractivity contribution in [2.75, 3.05) is 18.4 Å². The van der Waals surface area contributed by atoms with Crippen LogP contribution < -0.4 is 5.32 Å². The quantitative estimate of drug-likeness (QED) is 0.908. The second-order valence-electron chi connectivity index (χ2n) is 5.99. The van der Waals surface area contributed by atoms with Gasteiger partial charge in [0.15, 0.2) is 0 Å². The number of thiazole rings is 1. The Bertz CT molecular complexity index is 665. The number of benzene rings is 1. The minimum atomic E-state index is -0.0206. The standard InChI is InChI=1S/C18H21N3O2S/c22-17(7-6-16-12-24-13-19-16)21-10-8-14(9-11-21)18(23)20-15-4-2-1-3-5-15/h1-5,12-14H,6-11H2,(H,20,23). The number of amides is 2. The fourth-order valence-corrected chi connectivity index (χ4v) is 3.50. The third kappa shape index (κ3) is 4.41. The Morgan fingerprint density at radius 1 is 1.21 bits per heavy atom. The van der Waals surface area contributed by atoms with Crippen molar-refractivity contribution < 1.29 is 9.59 Å². The first-order chi connectivity index (χ1) is 11.7. The summed E-state index contributed by atoms with van der Waals surface area (Å²) in [6.45, 7) is 1.31. The van der Waals surface area contributed by atoms with Gasteiger partial charge in [0.1, 0.15) is 0 Å². The van der Waals surface area contributed by atoms with Gasteiger partial charge in [0.2, 0.25) is 11.8 Å². The molecule has 1 aromatic heterocycles. The molecule has 6 heteroatoms. The summed E-state index contributed by atoms with van der Waals surface area (Å²) in [5, 5.41) is 4.93. The van der Waals surface area contributed by atoms with Crippen LogP contribution in [0.3, 0.4) is 0 Å². The topological polar surface area (TPSA) is 62.3 Å². The van der Waals surface area contributed by atoms with Crippen LogP contribution in [0.4, 0.5) is 5.69 Å². The largest absolute Gasteiger partial charge is 0.343 e. The molecule has 0 spiro atoms. The van der Waals surface area contributed by atoms with Gasteiger partial charge in [-0.15, -0.1) is 11.3 Å². The number of hydrogen-bond donors (Lipinski definition) is 1. The maximum Gasteiger partial charge on any atom is 0.227 e. The number of nitrogens with zero attached hydrogens (tertiary/aromatic N) is 2. The van der Waals surface area contributed by atoms with Crippen LogP contribution in [0, 0.1) is 5.92 Å². The van der Waals surface area contributed by atoms with Crippen molar-refractivity contribution in [3.05, 3.63) is 46.9 Å². The van der Waals surface area contributed by atoms with Crippen molar-refractivity contribution in [1.82, 2.24) is 9.88 Å². The lowest BCUT2D eigenvalue weighted by atomic mass is 9.95. The summed E-state index contributed by atoms with van der Waals surface area (Å²) in [5.41, 5.74) is 3.59. The number of piperidine rings is 1. The number of aromatic nitrogens is 1. The van der Waals surface area contributed by atoms with E-state index in [0.29, 0.717) is 25.9 Å². The Morgan fingerprint density at radius 2 is 1.96 bits per heavy atom. The molecule has 126 valence electrons. The van der Waals surface area contributed by atoms with Crippen molar-refractivity contribution in [1.29, 1.82) is 0 Å². The first kappa shape index (κ1) is 16.6. The van der Waals surface area contributed by atoms with Crippen LogP contribution in [-0.4, -0.2) is 34.8 Å². The van der Waals surface area contributed by atoms with E-state index >= 15 is 0 Å². The number of hydrogen-bond acceptors (Lipinski definition) is 4. The lowest BCUT2D eigenvalue weighted by Gasteiger charge is -2.31. The SMILES string of the molecule is O=C(Nc1ccccc1)C1CCN(C(=O)CCc2cscn2)CC1. The molecule has 1 N–H and O–H groups in total. The maximum absolute atomic E-state index is 12.3. The molecule has 0 saturated carbocycles. The first-order valence-corrected chi connectivity index (χ1v) is 9.17.